The third-order valence-corrected chi connectivity index (χ3v) is 3.03. The van der Waals surface area contributed by atoms with Gasteiger partial charge in [-0.1, -0.05) is 29.8 Å². The lowest BCUT2D eigenvalue weighted by Gasteiger charge is -2.05. The highest BCUT2D eigenvalue weighted by atomic mass is 35.5. The second-order valence-corrected chi connectivity index (χ2v) is 4.54. The summed E-state index contributed by atoms with van der Waals surface area (Å²) in [6.45, 7) is 0. The van der Waals surface area contributed by atoms with Crippen LogP contribution in [0.2, 0.25) is 5.15 Å². The number of ether oxygens (including phenoxy) is 1. The molecule has 0 fully saturated rings. The van der Waals surface area contributed by atoms with Crippen LogP contribution in [-0.4, -0.2) is 23.0 Å². The molecule has 0 bridgehead atoms. The normalized spacial score (nSPS) is 10.6. The predicted octanol–water partition coefficient (Wildman–Crippen LogP) is 3.14. The molecule has 0 aliphatic rings. The molecule has 3 aromatic rings. The van der Waals surface area contributed by atoms with Gasteiger partial charge in [0.2, 0.25) is 11.8 Å². The van der Waals surface area contributed by atoms with Crippen LogP contribution in [-0.2, 0) is 0 Å². The van der Waals surface area contributed by atoms with Crippen molar-refractivity contribution in [3.63, 3.8) is 0 Å². The number of furan rings is 1. The van der Waals surface area contributed by atoms with Crippen molar-refractivity contribution in [2.75, 3.05) is 12.4 Å². The maximum absolute atomic E-state index is 12.3. The van der Waals surface area contributed by atoms with Crippen LogP contribution in [0, 0.1) is 0 Å². The Labute approximate surface area is 124 Å². The molecule has 6 nitrogen and oxygen atoms in total. The van der Waals surface area contributed by atoms with Crippen molar-refractivity contribution in [2.45, 2.75) is 0 Å². The largest absolute Gasteiger partial charge is 0.481 e. The van der Waals surface area contributed by atoms with E-state index in [1.807, 2.05) is 12.1 Å². The van der Waals surface area contributed by atoms with E-state index in [-0.39, 0.29) is 22.9 Å². The number of nitrogens with one attached hydrogen (secondary N) is 1. The Morgan fingerprint density at radius 1 is 1.33 bits per heavy atom. The Kier molecular flexibility index (Phi) is 3.45. The number of aromatic nitrogens is 2. The molecule has 0 radical (unpaired) electrons. The van der Waals surface area contributed by atoms with Gasteiger partial charge in [-0.25, -0.2) is 4.98 Å². The molecule has 0 atom stereocenters. The first kappa shape index (κ1) is 13.4. The van der Waals surface area contributed by atoms with Crippen molar-refractivity contribution in [2.24, 2.45) is 0 Å². The lowest BCUT2D eigenvalue weighted by atomic mass is 10.2. The second kappa shape index (κ2) is 5.41. The number of hydrogen-bond donors (Lipinski definition) is 1. The van der Waals surface area contributed by atoms with Gasteiger partial charge in [0.25, 0.3) is 5.91 Å². The third kappa shape index (κ3) is 2.66. The highest BCUT2D eigenvalue weighted by molar-refractivity contribution is 6.29. The monoisotopic (exact) mass is 303 g/mol. The standard InChI is InChI=1S/C14H10ClN3O3/c1-20-12-6-11(15)16-14(17-12)18-13(19)9-7-21-10-5-3-2-4-8(9)10/h2-7H,1H3,(H,16,17,18,19). The van der Waals surface area contributed by atoms with Gasteiger partial charge >= 0.3 is 0 Å². The number of anilines is 1. The zero-order valence-electron chi connectivity index (χ0n) is 11.0. The Bertz CT molecular complexity index is 816. The van der Waals surface area contributed by atoms with Crippen LogP contribution in [0.15, 0.2) is 41.0 Å². The number of benzene rings is 1. The van der Waals surface area contributed by atoms with Crippen LogP contribution in [0.25, 0.3) is 11.0 Å². The Hall–Kier alpha value is -2.60. The first-order valence-corrected chi connectivity index (χ1v) is 6.41. The molecule has 0 aliphatic heterocycles. The number of halogens is 1. The maximum atomic E-state index is 12.3. The number of nitrogens with zero attached hydrogens (tertiary/aromatic N) is 2. The van der Waals surface area contributed by atoms with E-state index in [9.17, 15) is 4.79 Å². The molecular weight excluding hydrogens is 294 g/mol. The molecule has 21 heavy (non-hydrogen) atoms. The highest BCUT2D eigenvalue weighted by Gasteiger charge is 2.15. The van der Waals surface area contributed by atoms with Gasteiger partial charge in [-0.15, -0.1) is 0 Å². The molecular formula is C14H10ClN3O3. The summed E-state index contributed by atoms with van der Waals surface area (Å²) < 4.78 is 10.3. The molecule has 3 rings (SSSR count). The van der Waals surface area contributed by atoms with E-state index in [1.165, 1.54) is 19.4 Å². The SMILES string of the molecule is COc1cc(Cl)nc(NC(=O)c2coc3ccccc23)n1. The summed E-state index contributed by atoms with van der Waals surface area (Å²) in [6.07, 6.45) is 1.39. The fourth-order valence-electron chi connectivity index (χ4n) is 1.88. The summed E-state index contributed by atoms with van der Waals surface area (Å²) in [5.41, 5.74) is 1.03. The van der Waals surface area contributed by atoms with E-state index in [0.29, 0.717) is 16.5 Å². The van der Waals surface area contributed by atoms with Gasteiger partial charge in [-0.05, 0) is 6.07 Å². The van der Waals surface area contributed by atoms with Crippen molar-refractivity contribution < 1.29 is 13.9 Å². The van der Waals surface area contributed by atoms with E-state index < -0.39 is 0 Å². The van der Waals surface area contributed by atoms with Gasteiger partial charge in [-0.3, -0.25) is 10.1 Å². The zero-order valence-corrected chi connectivity index (χ0v) is 11.7. The lowest BCUT2D eigenvalue weighted by Crippen LogP contribution is -2.14. The van der Waals surface area contributed by atoms with E-state index in [1.54, 1.807) is 12.1 Å². The summed E-state index contributed by atoms with van der Waals surface area (Å²) in [5.74, 6) is -0.0544. The number of hydrogen-bond acceptors (Lipinski definition) is 5. The van der Waals surface area contributed by atoms with E-state index in [4.69, 9.17) is 20.8 Å². The van der Waals surface area contributed by atoms with Crippen LogP contribution in [0.3, 0.4) is 0 Å². The van der Waals surface area contributed by atoms with Crippen molar-refractivity contribution in [1.29, 1.82) is 0 Å². The molecule has 106 valence electrons. The molecule has 7 heteroatoms. The number of amides is 1. The van der Waals surface area contributed by atoms with Crippen LogP contribution < -0.4 is 10.1 Å². The molecule has 0 spiro atoms. The van der Waals surface area contributed by atoms with Crippen LogP contribution >= 0.6 is 11.6 Å². The van der Waals surface area contributed by atoms with Crippen molar-refractivity contribution in [1.82, 2.24) is 9.97 Å². The predicted molar refractivity (Wildman–Crippen MR) is 77.8 cm³/mol. The molecule has 0 saturated heterocycles. The van der Waals surface area contributed by atoms with E-state index in [0.717, 1.165) is 0 Å². The van der Waals surface area contributed by atoms with Gasteiger partial charge in [0.1, 0.15) is 17.0 Å². The van der Waals surface area contributed by atoms with Gasteiger partial charge < -0.3 is 9.15 Å². The molecule has 1 amide bonds. The van der Waals surface area contributed by atoms with E-state index >= 15 is 0 Å². The van der Waals surface area contributed by atoms with Crippen molar-refractivity contribution in [3.05, 3.63) is 47.3 Å². The summed E-state index contributed by atoms with van der Waals surface area (Å²) in [7, 11) is 1.45. The number of fused-ring (bicyclic) bond motifs is 1. The van der Waals surface area contributed by atoms with Gasteiger partial charge in [0.15, 0.2) is 0 Å². The molecule has 2 heterocycles. The second-order valence-electron chi connectivity index (χ2n) is 4.16. The first-order valence-electron chi connectivity index (χ1n) is 6.03. The quantitative estimate of drug-likeness (QED) is 0.752. The van der Waals surface area contributed by atoms with Gasteiger partial charge in [0, 0.05) is 11.5 Å². The Balaban J connectivity index is 1.91. The molecule has 1 aromatic carbocycles. The summed E-state index contributed by atoms with van der Waals surface area (Å²) in [5, 5.41) is 3.45. The maximum Gasteiger partial charge on any atom is 0.261 e. The van der Waals surface area contributed by atoms with Crippen LogP contribution in [0.1, 0.15) is 10.4 Å². The lowest BCUT2D eigenvalue weighted by molar-refractivity contribution is 0.102. The molecule has 1 N–H and O–H groups in total. The number of carbonyl (C=O) groups excluding carboxylic acids is 1. The molecule has 0 saturated carbocycles. The third-order valence-electron chi connectivity index (χ3n) is 2.83. The van der Waals surface area contributed by atoms with Crippen molar-refractivity contribution >= 4 is 34.4 Å². The number of methoxy groups -OCH3 is 1. The highest BCUT2D eigenvalue weighted by Crippen LogP contribution is 2.22. The fourth-order valence-corrected chi connectivity index (χ4v) is 2.05. The Morgan fingerprint density at radius 2 is 2.14 bits per heavy atom. The van der Waals surface area contributed by atoms with Gasteiger partial charge in [0.05, 0.1) is 12.7 Å². The summed E-state index contributed by atoms with van der Waals surface area (Å²) in [4.78, 5) is 20.2. The smallest absolute Gasteiger partial charge is 0.261 e. The number of carbonyl (C=O) groups is 1. The van der Waals surface area contributed by atoms with Gasteiger partial charge in [-0.2, -0.15) is 4.98 Å². The number of rotatable bonds is 3. The minimum absolute atomic E-state index is 0.0645. The average Bonchev–Trinajstić information content (AvgIpc) is 2.90. The van der Waals surface area contributed by atoms with Crippen LogP contribution in [0.5, 0.6) is 5.88 Å². The summed E-state index contributed by atoms with van der Waals surface area (Å²) in [6, 6.07) is 8.69. The fraction of sp³-hybridized carbons (Fsp3) is 0.0714. The van der Waals surface area contributed by atoms with Crippen molar-refractivity contribution in [3.8, 4) is 5.88 Å². The van der Waals surface area contributed by atoms with E-state index in [2.05, 4.69) is 15.3 Å². The zero-order chi connectivity index (χ0) is 14.8. The average molecular weight is 304 g/mol. The minimum atomic E-state index is -0.385. The molecule has 0 unspecified atom stereocenters. The topological polar surface area (TPSA) is 77.2 Å². The number of para-hydroxylation sites is 1. The molecule has 2 aromatic heterocycles. The van der Waals surface area contributed by atoms with Crippen LogP contribution in [0.4, 0.5) is 5.95 Å². The Morgan fingerprint density at radius 3 is 2.95 bits per heavy atom. The minimum Gasteiger partial charge on any atom is -0.481 e. The summed E-state index contributed by atoms with van der Waals surface area (Å²) >= 11 is 5.83. The molecule has 0 aliphatic carbocycles. The first-order chi connectivity index (χ1) is 10.2.